The van der Waals surface area contributed by atoms with E-state index in [4.69, 9.17) is 4.74 Å². The Morgan fingerprint density at radius 1 is 1.16 bits per heavy atom. The van der Waals surface area contributed by atoms with Crippen LogP contribution in [0.1, 0.15) is 53.4 Å². The summed E-state index contributed by atoms with van der Waals surface area (Å²) in [6, 6.07) is 0.597. The third kappa shape index (κ3) is 4.44. The number of ether oxygens (including phenoxy) is 1. The highest BCUT2D eigenvalue weighted by atomic mass is 16.5. The van der Waals surface area contributed by atoms with Gasteiger partial charge in [0.2, 0.25) is 0 Å². The molecule has 1 aliphatic carbocycles. The summed E-state index contributed by atoms with van der Waals surface area (Å²) < 4.78 is 5.85. The molecule has 19 heavy (non-hydrogen) atoms. The number of hydrogen-bond donors (Lipinski definition) is 1. The van der Waals surface area contributed by atoms with Gasteiger partial charge in [-0.15, -0.1) is 0 Å². The molecule has 2 atom stereocenters. The number of nitrogens with one attached hydrogen (secondary N) is 1. The van der Waals surface area contributed by atoms with Crippen molar-refractivity contribution in [2.75, 3.05) is 26.2 Å². The Morgan fingerprint density at radius 3 is 2.26 bits per heavy atom. The highest BCUT2D eigenvalue weighted by Gasteiger charge is 2.37. The van der Waals surface area contributed by atoms with E-state index >= 15 is 0 Å². The molecule has 0 radical (unpaired) electrons. The fraction of sp³-hybridized carbons (Fsp3) is 1.00. The van der Waals surface area contributed by atoms with E-state index in [0.717, 1.165) is 13.1 Å². The van der Waals surface area contributed by atoms with Crippen molar-refractivity contribution in [2.45, 2.75) is 71.6 Å². The normalized spacial score (nSPS) is 32.1. The van der Waals surface area contributed by atoms with Crippen LogP contribution in [0.2, 0.25) is 0 Å². The van der Waals surface area contributed by atoms with Gasteiger partial charge in [0.15, 0.2) is 0 Å². The molecule has 1 N–H and O–H groups in total. The van der Waals surface area contributed by atoms with Crippen molar-refractivity contribution in [3.63, 3.8) is 0 Å². The minimum Gasteiger partial charge on any atom is -0.373 e. The molecule has 2 rings (SSSR count). The smallest absolute Gasteiger partial charge is 0.0678 e. The summed E-state index contributed by atoms with van der Waals surface area (Å²) in [4.78, 5) is 2.64. The van der Waals surface area contributed by atoms with E-state index in [2.05, 4.69) is 37.9 Å². The van der Waals surface area contributed by atoms with E-state index in [1.165, 1.54) is 38.8 Å². The standard InChI is InChI=1S/C16H32N2O/c1-13(2)17-11-16(7-5-6-8-16)12-18-9-14(3)19-15(4)10-18/h13-15,17H,5-12H2,1-4H3/t14-,15+. The highest BCUT2D eigenvalue weighted by molar-refractivity contribution is 4.91. The molecule has 1 aliphatic heterocycles. The molecule has 1 saturated carbocycles. The van der Waals surface area contributed by atoms with Gasteiger partial charge in [-0.3, -0.25) is 4.90 Å². The van der Waals surface area contributed by atoms with Crippen molar-refractivity contribution in [3.8, 4) is 0 Å². The van der Waals surface area contributed by atoms with Gasteiger partial charge >= 0.3 is 0 Å². The monoisotopic (exact) mass is 268 g/mol. The summed E-state index contributed by atoms with van der Waals surface area (Å²) in [7, 11) is 0. The molecule has 0 amide bonds. The maximum atomic E-state index is 5.85. The average molecular weight is 268 g/mol. The van der Waals surface area contributed by atoms with Crippen LogP contribution in [0.4, 0.5) is 0 Å². The van der Waals surface area contributed by atoms with Gasteiger partial charge in [-0.25, -0.2) is 0 Å². The zero-order valence-electron chi connectivity index (χ0n) is 13.2. The van der Waals surface area contributed by atoms with Crippen LogP contribution in [0.15, 0.2) is 0 Å². The predicted octanol–water partition coefficient (Wildman–Crippen LogP) is 2.65. The largest absolute Gasteiger partial charge is 0.373 e. The Morgan fingerprint density at radius 2 is 1.74 bits per heavy atom. The van der Waals surface area contributed by atoms with Gasteiger partial charge < -0.3 is 10.1 Å². The molecule has 1 saturated heterocycles. The number of nitrogens with zero attached hydrogens (tertiary/aromatic N) is 1. The fourth-order valence-corrected chi connectivity index (χ4v) is 3.82. The zero-order chi connectivity index (χ0) is 13.9. The van der Waals surface area contributed by atoms with Gasteiger partial charge in [0, 0.05) is 32.2 Å². The quantitative estimate of drug-likeness (QED) is 0.829. The average Bonchev–Trinajstić information content (AvgIpc) is 2.74. The molecule has 3 nitrogen and oxygen atoms in total. The number of hydrogen-bond acceptors (Lipinski definition) is 3. The molecule has 0 aromatic heterocycles. The molecule has 0 bridgehead atoms. The predicted molar refractivity (Wildman–Crippen MR) is 80.5 cm³/mol. The highest BCUT2D eigenvalue weighted by Crippen LogP contribution is 2.38. The van der Waals surface area contributed by atoms with E-state index in [-0.39, 0.29) is 0 Å². The minimum absolute atomic E-state index is 0.389. The van der Waals surface area contributed by atoms with Crippen LogP contribution in [-0.2, 0) is 4.74 Å². The van der Waals surface area contributed by atoms with Crippen molar-refractivity contribution in [1.29, 1.82) is 0 Å². The molecule has 1 heterocycles. The number of morpholine rings is 1. The molecule has 0 aromatic carbocycles. The third-order valence-corrected chi connectivity index (χ3v) is 4.60. The van der Waals surface area contributed by atoms with Crippen molar-refractivity contribution in [3.05, 3.63) is 0 Å². The Hall–Kier alpha value is -0.120. The van der Waals surface area contributed by atoms with E-state index in [0.29, 0.717) is 23.7 Å². The summed E-state index contributed by atoms with van der Waals surface area (Å²) in [5, 5.41) is 3.68. The first-order valence-electron chi connectivity index (χ1n) is 8.10. The van der Waals surface area contributed by atoms with Gasteiger partial charge in [-0.05, 0) is 32.1 Å². The second kappa shape index (κ2) is 6.55. The summed E-state index contributed by atoms with van der Waals surface area (Å²) in [5.74, 6) is 0. The van der Waals surface area contributed by atoms with Gasteiger partial charge in [0.1, 0.15) is 0 Å². The van der Waals surface area contributed by atoms with Crippen LogP contribution in [0, 0.1) is 5.41 Å². The summed E-state index contributed by atoms with van der Waals surface area (Å²) in [6.07, 6.45) is 6.39. The molecule has 0 unspecified atom stereocenters. The van der Waals surface area contributed by atoms with Crippen LogP contribution < -0.4 is 5.32 Å². The maximum absolute atomic E-state index is 5.85. The first-order chi connectivity index (χ1) is 8.99. The molecule has 0 spiro atoms. The Labute approximate surface area is 119 Å². The van der Waals surface area contributed by atoms with E-state index in [9.17, 15) is 0 Å². The second-order valence-electron chi connectivity index (χ2n) is 7.19. The van der Waals surface area contributed by atoms with Crippen LogP contribution in [0.25, 0.3) is 0 Å². The lowest BCUT2D eigenvalue weighted by Crippen LogP contribution is -2.51. The third-order valence-electron chi connectivity index (χ3n) is 4.60. The Balaban J connectivity index is 1.92. The maximum Gasteiger partial charge on any atom is 0.0678 e. The first-order valence-corrected chi connectivity index (χ1v) is 8.10. The molecule has 2 fully saturated rings. The van der Waals surface area contributed by atoms with Crippen LogP contribution in [0.5, 0.6) is 0 Å². The van der Waals surface area contributed by atoms with Crippen molar-refractivity contribution >= 4 is 0 Å². The van der Waals surface area contributed by atoms with Crippen molar-refractivity contribution < 1.29 is 4.74 Å². The minimum atomic E-state index is 0.389. The van der Waals surface area contributed by atoms with Gasteiger partial charge in [0.25, 0.3) is 0 Å². The summed E-state index contributed by atoms with van der Waals surface area (Å²) in [6.45, 7) is 13.6. The molecular weight excluding hydrogens is 236 g/mol. The SMILES string of the molecule is CC(C)NCC1(CN2C[C@@H](C)O[C@@H](C)C2)CCCC1. The van der Waals surface area contributed by atoms with E-state index < -0.39 is 0 Å². The van der Waals surface area contributed by atoms with E-state index in [1.807, 2.05) is 0 Å². The van der Waals surface area contributed by atoms with Crippen LogP contribution in [-0.4, -0.2) is 49.3 Å². The fourth-order valence-electron chi connectivity index (χ4n) is 3.82. The Bertz CT molecular complexity index is 264. The summed E-state index contributed by atoms with van der Waals surface area (Å²) >= 11 is 0. The molecule has 3 heteroatoms. The lowest BCUT2D eigenvalue weighted by atomic mass is 9.84. The van der Waals surface area contributed by atoms with Gasteiger partial charge in [0.05, 0.1) is 12.2 Å². The lowest BCUT2D eigenvalue weighted by Gasteiger charge is -2.41. The molecule has 2 aliphatic rings. The molecular formula is C16H32N2O. The first kappa shape index (κ1) is 15.3. The number of rotatable bonds is 5. The lowest BCUT2D eigenvalue weighted by molar-refractivity contribution is -0.0774. The topological polar surface area (TPSA) is 24.5 Å². The van der Waals surface area contributed by atoms with Crippen molar-refractivity contribution in [2.24, 2.45) is 5.41 Å². The van der Waals surface area contributed by atoms with Gasteiger partial charge in [-0.2, -0.15) is 0 Å². The molecule has 0 aromatic rings. The Kier molecular flexibility index (Phi) is 5.27. The van der Waals surface area contributed by atoms with Gasteiger partial charge in [-0.1, -0.05) is 26.7 Å². The van der Waals surface area contributed by atoms with Crippen molar-refractivity contribution in [1.82, 2.24) is 10.2 Å². The summed E-state index contributed by atoms with van der Waals surface area (Å²) in [5.41, 5.74) is 0.515. The van der Waals surface area contributed by atoms with Crippen LogP contribution in [0.3, 0.4) is 0 Å². The molecule has 112 valence electrons. The second-order valence-corrected chi connectivity index (χ2v) is 7.19. The van der Waals surface area contributed by atoms with E-state index in [1.54, 1.807) is 0 Å². The van der Waals surface area contributed by atoms with Crippen LogP contribution >= 0.6 is 0 Å². The zero-order valence-corrected chi connectivity index (χ0v) is 13.2.